The SMILES string of the molecule is COc1cc(C(=O)N2CCC(C)(C(=O)O)C2)cc([N+](=O)[O-])c1C. The van der Waals surface area contributed by atoms with Crippen LogP contribution in [0.5, 0.6) is 5.75 Å². The standard InChI is InChI=1S/C15H18N2O6/c1-9-11(17(21)22)6-10(7-12(9)23-3)13(18)16-5-4-15(2,8-16)14(19)20/h6-7H,4-5,8H2,1-3H3,(H,19,20). The summed E-state index contributed by atoms with van der Waals surface area (Å²) in [5.41, 5.74) is -0.733. The van der Waals surface area contributed by atoms with Gasteiger partial charge in [0.25, 0.3) is 11.6 Å². The molecule has 8 heteroatoms. The largest absolute Gasteiger partial charge is 0.496 e. The number of ether oxygens (including phenoxy) is 1. The number of nitro groups is 1. The molecule has 0 aliphatic carbocycles. The smallest absolute Gasteiger partial charge is 0.311 e. The van der Waals surface area contributed by atoms with E-state index < -0.39 is 22.2 Å². The average Bonchev–Trinajstić information content (AvgIpc) is 2.90. The molecule has 1 unspecified atom stereocenters. The van der Waals surface area contributed by atoms with Crippen molar-refractivity contribution in [3.8, 4) is 5.75 Å². The molecule has 124 valence electrons. The molecule has 0 aromatic heterocycles. The lowest BCUT2D eigenvalue weighted by molar-refractivity contribution is -0.385. The van der Waals surface area contributed by atoms with Crippen molar-refractivity contribution in [1.82, 2.24) is 4.90 Å². The van der Waals surface area contributed by atoms with Gasteiger partial charge in [-0.25, -0.2) is 0 Å². The van der Waals surface area contributed by atoms with Gasteiger partial charge in [-0.2, -0.15) is 0 Å². The monoisotopic (exact) mass is 322 g/mol. The predicted octanol–water partition coefficient (Wildman–Crippen LogP) is 1.85. The van der Waals surface area contributed by atoms with E-state index in [-0.39, 0.29) is 23.5 Å². The van der Waals surface area contributed by atoms with Gasteiger partial charge in [0, 0.05) is 19.2 Å². The second-order valence-corrected chi connectivity index (χ2v) is 5.92. The molecule has 0 bridgehead atoms. The van der Waals surface area contributed by atoms with Gasteiger partial charge >= 0.3 is 5.97 Å². The highest BCUT2D eigenvalue weighted by Crippen LogP contribution is 2.33. The van der Waals surface area contributed by atoms with Gasteiger partial charge in [0.2, 0.25) is 0 Å². The van der Waals surface area contributed by atoms with Crippen LogP contribution in [0.25, 0.3) is 0 Å². The fourth-order valence-electron chi connectivity index (χ4n) is 2.69. The molecule has 1 amide bonds. The minimum atomic E-state index is -0.990. The number of amides is 1. The van der Waals surface area contributed by atoms with Gasteiger partial charge in [0.05, 0.1) is 28.6 Å². The van der Waals surface area contributed by atoms with E-state index in [9.17, 15) is 24.8 Å². The fourth-order valence-corrected chi connectivity index (χ4v) is 2.69. The molecule has 1 aliphatic rings. The number of carbonyl (C=O) groups is 2. The van der Waals surface area contributed by atoms with Crippen molar-refractivity contribution in [2.45, 2.75) is 20.3 Å². The Hall–Kier alpha value is -2.64. The van der Waals surface area contributed by atoms with Crippen molar-refractivity contribution in [2.75, 3.05) is 20.2 Å². The molecule has 0 radical (unpaired) electrons. The molecule has 1 N–H and O–H groups in total. The highest BCUT2D eigenvalue weighted by molar-refractivity contribution is 5.96. The van der Waals surface area contributed by atoms with Crippen molar-refractivity contribution in [2.24, 2.45) is 5.41 Å². The summed E-state index contributed by atoms with van der Waals surface area (Å²) < 4.78 is 5.10. The number of nitro benzene ring substituents is 1. The van der Waals surface area contributed by atoms with Gasteiger partial charge in [-0.1, -0.05) is 0 Å². The van der Waals surface area contributed by atoms with Crippen LogP contribution >= 0.6 is 0 Å². The number of carboxylic acid groups (broad SMARTS) is 1. The Labute approximate surface area is 132 Å². The predicted molar refractivity (Wildman–Crippen MR) is 80.6 cm³/mol. The number of hydrogen-bond donors (Lipinski definition) is 1. The molecule has 8 nitrogen and oxygen atoms in total. The van der Waals surface area contributed by atoms with Gasteiger partial charge in [-0.3, -0.25) is 19.7 Å². The van der Waals surface area contributed by atoms with Crippen molar-refractivity contribution < 1.29 is 24.4 Å². The molecule has 1 aromatic rings. The van der Waals surface area contributed by atoms with Gasteiger partial charge < -0.3 is 14.7 Å². The maximum absolute atomic E-state index is 12.6. The van der Waals surface area contributed by atoms with E-state index in [4.69, 9.17) is 4.74 Å². The molecule has 1 fully saturated rings. The number of hydrogen-bond acceptors (Lipinski definition) is 5. The van der Waals surface area contributed by atoms with Crippen LogP contribution in [0.4, 0.5) is 5.69 Å². The van der Waals surface area contributed by atoms with Crippen LogP contribution in [-0.2, 0) is 4.79 Å². The summed E-state index contributed by atoms with van der Waals surface area (Å²) >= 11 is 0. The van der Waals surface area contributed by atoms with E-state index in [1.807, 2.05) is 0 Å². The van der Waals surface area contributed by atoms with E-state index in [0.29, 0.717) is 18.5 Å². The zero-order valence-corrected chi connectivity index (χ0v) is 13.2. The molecule has 1 heterocycles. The van der Waals surface area contributed by atoms with E-state index in [1.165, 1.54) is 24.1 Å². The first-order chi connectivity index (χ1) is 10.7. The molecular weight excluding hydrogens is 304 g/mol. The first-order valence-corrected chi connectivity index (χ1v) is 7.05. The summed E-state index contributed by atoms with van der Waals surface area (Å²) in [6.07, 6.45) is 0.346. The summed E-state index contributed by atoms with van der Waals surface area (Å²) in [4.78, 5) is 35.8. The summed E-state index contributed by atoms with van der Waals surface area (Å²) in [5.74, 6) is -1.14. The van der Waals surface area contributed by atoms with Gasteiger partial charge in [-0.15, -0.1) is 0 Å². The van der Waals surface area contributed by atoms with E-state index in [0.717, 1.165) is 0 Å². The minimum Gasteiger partial charge on any atom is -0.496 e. The van der Waals surface area contributed by atoms with Crippen molar-refractivity contribution in [1.29, 1.82) is 0 Å². The number of likely N-dealkylation sites (tertiary alicyclic amines) is 1. The Morgan fingerprint density at radius 1 is 1.43 bits per heavy atom. The van der Waals surface area contributed by atoms with Gasteiger partial charge in [-0.05, 0) is 26.3 Å². The van der Waals surface area contributed by atoms with Crippen LogP contribution in [0.3, 0.4) is 0 Å². The molecule has 1 aliphatic heterocycles. The Balaban J connectivity index is 2.35. The number of aliphatic carboxylic acids is 1. The van der Waals surface area contributed by atoms with E-state index in [2.05, 4.69) is 0 Å². The molecule has 1 atom stereocenters. The Morgan fingerprint density at radius 3 is 2.57 bits per heavy atom. The maximum atomic E-state index is 12.6. The number of carboxylic acids is 1. The van der Waals surface area contributed by atoms with Crippen LogP contribution in [-0.4, -0.2) is 47.0 Å². The number of carbonyl (C=O) groups excluding carboxylic acids is 1. The van der Waals surface area contributed by atoms with Crippen molar-refractivity contribution in [3.05, 3.63) is 33.4 Å². The lowest BCUT2D eigenvalue weighted by atomic mass is 9.90. The fraction of sp³-hybridized carbons (Fsp3) is 0.467. The van der Waals surface area contributed by atoms with Gasteiger partial charge in [0.1, 0.15) is 5.75 Å². The van der Waals surface area contributed by atoms with E-state index in [1.54, 1.807) is 13.8 Å². The first kappa shape index (κ1) is 16.7. The number of rotatable bonds is 4. The number of methoxy groups -OCH3 is 1. The average molecular weight is 322 g/mol. The van der Waals surface area contributed by atoms with Crippen molar-refractivity contribution >= 4 is 17.6 Å². The number of nitrogens with zero attached hydrogens (tertiary/aromatic N) is 2. The van der Waals surface area contributed by atoms with Crippen molar-refractivity contribution in [3.63, 3.8) is 0 Å². The third kappa shape index (κ3) is 2.96. The molecule has 1 aromatic carbocycles. The van der Waals surface area contributed by atoms with Gasteiger partial charge in [0.15, 0.2) is 0 Å². The summed E-state index contributed by atoms with van der Waals surface area (Å²) in [6, 6.07) is 2.65. The normalized spacial score (nSPS) is 20.4. The third-order valence-electron chi connectivity index (χ3n) is 4.27. The van der Waals surface area contributed by atoms with Crippen LogP contribution in [0.1, 0.15) is 29.3 Å². The Bertz CT molecular complexity index is 687. The van der Waals surface area contributed by atoms with E-state index >= 15 is 0 Å². The molecule has 0 spiro atoms. The maximum Gasteiger partial charge on any atom is 0.311 e. The second kappa shape index (κ2) is 5.86. The third-order valence-corrected chi connectivity index (χ3v) is 4.27. The molecule has 1 saturated heterocycles. The molecular formula is C15H18N2O6. The second-order valence-electron chi connectivity index (χ2n) is 5.92. The summed E-state index contributed by atoms with van der Waals surface area (Å²) in [7, 11) is 1.37. The minimum absolute atomic E-state index is 0.0746. The lowest BCUT2D eigenvalue weighted by Crippen LogP contribution is -2.34. The number of benzene rings is 1. The topological polar surface area (TPSA) is 110 Å². The van der Waals surface area contributed by atoms with Crippen LogP contribution in [0, 0.1) is 22.5 Å². The highest BCUT2D eigenvalue weighted by atomic mass is 16.6. The van der Waals surface area contributed by atoms with Crippen LogP contribution in [0.2, 0.25) is 0 Å². The van der Waals surface area contributed by atoms with Crippen LogP contribution in [0.15, 0.2) is 12.1 Å². The van der Waals surface area contributed by atoms with Crippen LogP contribution < -0.4 is 4.74 Å². The Kier molecular flexibility index (Phi) is 4.26. The lowest BCUT2D eigenvalue weighted by Gasteiger charge is -2.20. The summed E-state index contributed by atoms with van der Waals surface area (Å²) in [5, 5.41) is 20.4. The molecule has 0 saturated carbocycles. The summed E-state index contributed by atoms with van der Waals surface area (Å²) in [6.45, 7) is 3.50. The quantitative estimate of drug-likeness (QED) is 0.669. The molecule has 23 heavy (non-hydrogen) atoms. The first-order valence-electron chi connectivity index (χ1n) is 7.05. The zero-order valence-electron chi connectivity index (χ0n) is 13.2. The zero-order chi connectivity index (χ0) is 17.4. The Morgan fingerprint density at radius 2 is 2.09 bits per heavy atom. The molecule has 2 rings (SSSR count). The highest BCUT2D eigenvalue weighted by Gasteiger charge is 2.42.